The highest BCUT2D eigenvalue weighted by atomic mass is 15.2. The second-order valence-electron chi connectivity index (χ2n) is 16.5. The van der Waals surface area contributed by atoms with Gasteiger partial charge in [-0.1, -0.05) is 188 Å². The van der Waals surface area contributed by atoms with Crippen LogP contribution in [0.1, 0.15) is 0 Å². The summed E-state index contributed by atoms with van der Waals surface area (Å²) in [6.45, 7) is 0. The molecule has 1 heterocycles. The van der Waals surface area contributed by atoms with E-state index in [9.17, 15) is 0 Å². The maximum absolute atomic E-state index is 2.41. The van der Waals surface area contributed by atoms with Gasteiger partial charge in [0, 0.05) is 33.9 Å². The summed E-state index contributed by atoms with van der Waals surface area (Å²) in [5.74, 6) is 0. The van der Waals surface area contributed by atoms with Crippen LogP contribution in [0, 0.1) is 0 Å². The van der Waals surface area contributed by atoms with Crippen molar-refractivity contribution in [2.45, 2.75) is 0 Å². The molecule has 11 aromatic rings. The molecule has 11 aromatic carbocycles. The van der Waals surface area contributed by atoms with E-state index >= 15 is 0 Å². The van der Waals surface area contributed by atoms with E-state index in [1.54, 1.807) is 0 Å². The number of nitrogens with zero attached hydrogens (tertiary/aromatic N) is 2. The van der Waals surface area contributed by atoms with E-state index in [0.717, 1.165) is 34.0 Å². The van der Waals surface area contributed by atoms with Crippen LogP contribution in [-0.2, 0) is 0 Å². The van der Waals surface area contributed by atoms with Gasteiger partial charge >= 0.3 is 0 Å². The normalized spacial score (nSPS) is 11.7. The second kappa shape index (κ2) is 15.8. The highest BCUT2D eigenvalue weighted by Gasteiger charge is 2.26. The molecule has 0 atom stereocenters. The molecule has 1 aliphatic heterocycles. The Morgan fingerprint density at radius 3 is 1.23 bits per heavy atom. The van der Waals surface area contributed by atoms with Crippen LogP contribution in [0.3, 0.4) is 0 Å². The zero-order valence-electron chi connectivity index (χ0n) is 35.1. The SMILES string of the molecule is c1ccc(N2c3ccccc3-c3ccccc3-c3cc(-c4ccc(N(c5ccc(-c6cccc7ccccc67)cc5)c5ccc(-c6cccc7ccccc67)cc5)cc4)ccc32)cc1. The van der Waals surface area contributed by atoms with Crippen LogP contribution in [0.2, 0.25) is 0 Å². The highest BCUT2D eigenvalue weighted by Crippen LogP contribution is 2.51. The smallest absolute Gasteiger partial charge is 0.0540 e. The Morgan fingerprint density at radius 2 is 0.656 bits per heavy atom. The van der Waals surface area contributed by atoms with Crippen LogP contribution >= 0.6 is 0 Å². The molecule has 0 spiro atoms. The fourth-order valence-electron chi connectivity index (χ4n) is 9.75. The van der Waals surface area contributed by atoms with Gasteiger partial charge in [-0.3, -0.25) is 0 Å². The Kier molecular flexibility index (Phi) is 9.20. The van der Waals surface area contributed by atoms with Crippen LogP contribution in [0.25, 0.3) is 77.2 Å². The van der Waals surface area contributed by atoms with Crippen molar-refractivity contribution in [1.82, 2.24) is 0 Å². The van der Waals surface area contributed by atoms with Gasteiger partial charge in [-0.2, -0.15) is 0 Å². The fraction of sp³-hybridized carbons (Fsp3) is 0. The Bertz CT molecular complexity index is 3350. The van der Waals surface area contributed by atoms with Gasteiger partial charge in [0.25, 0.3) is 0 Å². The molecule has 1 aliphatic rings. The third-order valence-corrected chi connectivity index (χ3v) is 12.8. The molecule has 0 saturated carbocycles. The fourth-order valence-corrected chi connectivity index (χ4v) is 9.75. The predicted molar refractivity (Wildman–Crippen MR) is 272 cm³/mol. The Morgan fingerprint density at radius 1 is 0.250 bits per heavy atom. The third-order valence-electron chi connectivity index (χ3n) is 12.8. The molecular weight excluding hydrogens is 773 g/mol. The summed E-state index contributed by atoms with van der Waals surface area (Å²) in [7, 11) is 0. The Balaban J connectivity index is 0.949. The number of anilines is 6. The molecule has 0 fully saturated rings. The van der Waals surface area contributed by atoms with Crippen LogP contribution in [0.5, 0.6) is 0 Å². The first-order valence-electron chi connectivity index (χ1n) is 22.0. The van der Waals surface area contributed by atoms with E-state index in [4.69, 9.17) is 0 Å². The van der Waals surface area contributed by atoms with E-state index in [0.29, 0.717) is 0 Å². The van der Waals surface area contributed by atoms with E-state index in [2.05, 4.69) is 265 Å². The molecule has 2 heteroatoms. The largest absolute Gasteiger partial charge is 0.311 e. The molecule has 0 amide bonds. The minimum Gasteiger partial charge on any atom is -0.311 e. The van der Waals surface area contributed by atoms with E-state index in [-0.39, 0.29) is 0 Å². The molecule has 2 nitrogen and oxygen atoms in total. The molecule has 12 rings (SSSR count). The summed E-state index contributed by atoms with van der Waals surface area (Å²) >= 11 is 0. The lowest BCUT2D eigenvalue weighted by Crippen LogP contribution is -2.10. The maximum Gasteiger partial charge on any atom is 0.0540 e. The second-order valence-corrected chi connectivity index (χ2v) is 16.5. The van der Waals surface area contributed by atoms with Crippen molar-refractivity contribution in [3.05, 3.63) is 255 Å². The first-order valence-corrected chi connectivity index (χ1v) is 22.0. The summed E-state index contributed by atoms with van der Waals surface area (Å²) in [5.41, 5.74) is 18.8. The Labute approximate surface area is 374 Å². The van der Waals surface area contributed by atoms with Crippen molar-refractivity contribution in [2.75, 3.05) is 9.80 Å². The summed E-state index contributed by atoms with van der Waals surface area (Å²) in [6, 6.07) is 92.7. The minimum atomic E-state index is 1.09. The number of benzene rings is 11. The summed E-state index contributed by atoms with van der Waals surface area (Å²) in [4.78, 5) is 4.78. The van der Waals surface area contributed by atoms with E-state index in [1.807, 2.05) is 0 Å². The average Bonchev–Trinajstić information content (AvgIpc) is 3.49. The number of hydrogen-bond donors (Lipinski definition) is 0. The minimum absolute atomic E-state index is 1.09. The van der Waals surface area contributed by atoms with Gasteiger partial charge < -0.3 is 9.80 Å². The molecule has 300 valence electrons. The number of para-hydroxylation sites is 2. The lowest BCUT2D eigenvalue weighted by molar-refractivity contribution is 1.28. The molecule has 64 heavy (non-hydrogen) atoms. The van der Waals surface area contributed by atoms with Crippen LogP contribution in [0.4, 0.5) is 34.1 Å². The van der Waals surface area contributed by atoms with Crippen molar-refractivity contribution in [3.8, 4) is 55.6 Å². The van der Waals surface area contributed by atoms with Gasteiger partial charge in [0.05, 0.1) is 11.4 Å². The molecule has 0 aliphatic carbocycles. The lowest BCUT2D eigenvalue weighted by atomic mass is 9.92. The first kappa shape index (κ1) is 37.3. The summed E-state index contributed by atoms with van der Waals surface area (Å²) in [5, 5.41) is 5.00. The quantitative estimate of drug-likeness (QED) is 0.158. The molecule has 0 bridgehead atoms. The summed E-state index contributed by atoms with van der Waals surface area (Å²) < 4.78 is 0. The zero-order chi connectivity index (χ0) is 42.4. The molecule has 0 N–H and O–H groups in total. The van der Waals surface area contributed by atoms with Gasteiger partial charge in [0.2, 0.25) is 0 Å². The van der Waals surface area contributed by atoms with Crippen LogP contribution in [-0.4, -0.2) is 0 Å². The van der Waals surface area contributed by atoms with Crippen molar-refractivity contribution in [3.63, 3.8) is 0 Å². The Hall–Kier alpha value is -8.46. The standard InChI is InChI=1S/C62H42N2/c1-2-18-49(19-3-1)64-61-27-11-10-24-59(61)57-22-8-9-23-58(57)60-42-48(34-41-62(60)64)43-28-35-50(36-29-43)63(51-37-30-46(31-38-51)55-25-12-16-44-14-4-6-20-53(44)55)52-39-32-47(33-40-52)56-26-13-17-45-15-5-7-21-54(45)56/h1-42H. The first-order chi connectivity index (χ1) is 31.7. The topological polar surface area (TPSA) is 6.48 Å². The molecule has 0 aromatic heterocycles. The van der Waals surface area contributed by atoms with E-state index < -0.39 is 0 Å². The molecular formula is C62H42N2. The monoisotopic (exact) mass is 814 g/mol. The predicted octanol–water partition coefficient (Wildman–Crippen LogP) is 17.6. The van der Waals surface area contributed by atoms with Crippen molar-refractivity contribution >= 4 is 55.7 Å². The van der Waals surface area contributed by atoms with Gasteiger partial charge in [0.15, 0.2) is 0 Å². The van der Waals surface area contributed by atoms with Crippen LogP contribution in [0.15, 0.2) is 255 Å². The van der Waals surface area contributed by atoms with Crippen LogP contribution < -0.4 is 9.80 Å². The van der Waals surface area contributed by atoms with Gasteiger partial charge in [-0.25, -0.2) is 0 Å². The van der Waals surface area contributed by atoms with Crippen molar-refractivity contribution in [1.29, 1.82) is 0 Å². The summed E-state index contributed by atoms with van der Waals surface area (Å²) in [6.07, 6.45) is 0. The number of hydrogen-bond acceptors (Lipinski definition) is 2. The number of rotatable bonds is 7. The van der Waals surface area contributed by atoms with Gasteiger partial charge in [-0.15, -0.1) is 0 Å². The van der Waals surface area contributed by atoms with Crippen molar-refractivity contribution < 1.29 is 0 Å². The number of fused-ring (bicyclic) bond motifs is 7. The zero-order valence-corrected chi connectivity index (χ0v) is 35.1. The van der Waals surface area contributed by atoms with E-state index in [1.165, 1.54) is 77.3 Å². The highest BCUT2D eigenvalue weighted by molar-refractivity contribution is 6.04. The molecule has 0 radical (unpaired) electrons. The molecule has 0 unspecified atom stereocenters. The molecule has 0 saturated heterocycles. The van der Waals surface area contributed by atoms with Crippen molar-refractivity contribution in [2.24, 2.45) is 0 Å². The average molecular weight is 815 g/mol. The lowest BCUT2D eigenvalue weighted by Gasteiger charge is -2.27. The third kappa shape index (κ3) is 6.52. The van der Waals surface area contributed by atoms with Gasteiger partial charge in [0.1, 0.15) is 0 Å². The van der Waals surface area contributed by atoms with Gasteiger partial charge in [-0.05, 0) is 133 Å². The maximum atomic E-state index is 2.41.